The molecule has 0 aromatic heterocycles. The Morgan fingerprint density at radius 1 is 1.00 bits per heavy atom. The van der Waals surface area contributed by atoms with Crippen molar-refractivity contribution in [3.8, 4) is 0 Å². The van der Waals surface area contributed by atoms with Gasteiger partial charge in [0.25, 0.3) is 0 Å². The van der Waals surface area contributed by atoms with E-state index in [0.717, 1.165) is 0 Å². The molecule has 0 aliphatic carbocycles. The quantitative estimate of drug-likeness (QED) is 0.326. The van der Waals surface area contributed by atoms with Gasteiger partial charge in [-0.3, -0.25) is 0 Å². The van der Waals surface area contributed by atoms with Gasteiger partial charge in [0.2, 0.25) is 0 Å². The van der Waals surface area contributed by atoms with E-state index in [1.165, 1.54) is 0 Å². The van der Waals surface area contributed by atoms with Gasteiger partial charge in [0.1, 0.15) is 0 Å². The molecule has 0 rings (SSSR count). The Morgan fingerprint density at radius 2 is 1.00 bits per heavy atom. The molecule has 0 atom stereocenters. The van der Waals surface area contributed by atoms with Gasteiger partial charge in [0.15, 0.2) is 17.4 Å². The summed E-state index contributed by atoms with van der Waals surface area (Å²) >= 11 is 0. The third-order valence-electron chi connectivity index (χ3n) is 0. The van der Waals surface area contributed by atoms with Gasteiger partial charge in [-0.1, -0.05) is 0 Å². The second-order valence-corrected chi connectivity index (χ2v) is 0. The molecular weight excluding hydrogens is 471 g/mol. The van der Waals surface area contributed by atoms with Crippen LogP contribution < -0.4 is 0 Å². The van der Waals surface area contributed by atoms with Gasteiger partial charge in [-0.25, -0.2) is 0 Å². The Labute approximate surface area is 102 Å². The van der Waals surface area contributed by atoms with E-state index in [1.54, 1.807) is 0 Å². The minimum atomic E-state index is 0. The van der Waals surface area contributed by atoms with Gasteiger partial charge in [0.05, 0.1) is 0 Å². The van der Waals surface area contributed by atoms with Crippen molar-refractivity contribution in [3.05, 3.63) is 0 Å². The zero-order valence-electron chi connectivity index (χ0n) is 1.01. The van der Waals surface area contributed by atoms with Gasteiger partial charge in [-0.2, -0.15) is 0 Å². The molecule has 0 heterocycles. The van der Waals surface area contributed by atoms with Crippen LogP contribution >= 0.6 is 0 Å². The van der Waals surface area contributed by atoms with Crippen LogP contribution in [0.15, 0.2) is 0 Å². The molecular formula is H7AlAuCaPb. The van der Waals surface area contributed by atoms with Crippen molar-refractivity contribution in [2.75, 3.05) is 0 Å². The van der Waals surface area contributed by atoms with Gasteiger partial charge in [-0.15, -0.1) is 0 Å². The van der Waals surface area contributed by atoms with Crippen molar-refractivity contribution >= 4 is 82.4 Å². The van der Waals surface area contributed by atoms with Crippen LogP contribution in [-0.2, 0) is 22.4 Å². The fourth-order valence-corrected chi connectivity index (χ4v) is 0. The molecule has 0 saturated heterocycles. The molecule has 0 bridgehead atoms. The summed E-state index contributed by atoms with van der Waals surface area (Å²) in [5, 5.41) is 0. The molecule has 0 saturated carbocycles. The third kappa shape index (κ3) is 9.07. The summed E-state index contributed by atoms with van der Waals surface area (Å²) in [5.74, 6) is 0. The fourth-order valence-electron chi connectivity index (χ4n) is 0. The van der Waals surface area contributed by atoms with Crippen LogP contribution in [0.5, 0.6) is 0 Å². The standard InChI is InChI=1S/Al.Au.Ca.Pb.7H. The molecule has 0 aliphatic heterocycles. The Kier molecular flexibility index (Phi) is 105. The number of hydrogen-bond donors (Lipinski definition) is 0. The van der Waals surface area contributed by atoms with Crippen molar-refractivity contribution < 1.29 is 22.4 Å². The summed E-state index contributed by atoms with van der Waals surface area (Å²) < 4.78 is 0. The van der Waals surface area contributed by atoms with Crippen LogP contribution in [0.4, 0.5) is 0 Å². The monoisotopic (exact) mass is 479 g/mol. The van der Waals surface area contributed by atoms with E-state index in [9.17, 15) is 0 Å². The first-order chi connectivity index (χ1) is 0. The van der Waals surface area contributed by atoms with Crippen LogP contribution in [0.2, 0.25) is 0 Å². The Morgan fingerprint density at radius 3 is 1.00 bits per heavy atom. The second kappa shape index (κ2) is 16.1. The molecule has 0 amide bonds. The van der Waals surface area contributed by atoms with E-state index in [-0.39, 0.29) is 105 Å². The number of hydrogen-bond acceptors (Lipinski definition) is 0. The molecule has 4 heteroatoms. The normalized spacial score (nSPS) is 0. The Hall–Kier alpha value is 3.45. The van der Waals surface area contributed by atoms with Crippen molar-refractivity contribution in [1.82, 2.24) is 0 Å². The molecule has 0 aliphatic rings. The molecule has 0 aromatic carbocycles. The average Bonchev–Trinajstić information content (AvgIpc) is 0. The zero-order valence-corrected chi connectivity index (χ0v) is 8.67. The topological polar surface area (TPSA) is 0 Å². The van der Waals surface area contributed by atoms with Crippen LogP contribution in [0, 0.1) is 0 Å². The Bertz CT molecular complexity index is 8.00. The van der Waals surface area contributed by atoms with Crippen LogP contribution in [0.1, 0.15) is 0 Å². The molecule has 0 N–H and O–H groups in total. The Balaban J connectivity index is 0. The first-order valence-electron chi connectivity index (χ1n) is 0. The van der Waals surface area contributed by atoms with Gasteiger partial charge in [-0.05, 0) is 0 Å². The fraction of sp³-hybridized carbons (Fsp3) is 0. The van der Waals surface area contributed by atoms with Crippen molar-refractivity contribution in [2.24, 2.45) is 0 Å². The molecule has 0 unspecified atom stereocenters. The van der Waals surface area contributed by atoms with Crippen LogP contribution in [-0.4, -0.2) is 82.4 Å². The molecule has 4 heavy (non-hydrogen) atoms. The number of rotatable bonds is 0. The summed E-state index contributed by atoms with van der Waals surface area (Å²) in [6.45, 7) is 0. The maximum atomic E-state index is 0. The molecule has 3 radical (unpaired) electrons. The predicted molar refractivity (Wildman–Crippen MR) is 27.0 cm³/mol. The summed E-state index contributed by atoms with van der Waals surface area (Å²) in [4.78, 5) is 0. The SMILES string of the molecule is [AlH3].[Au].[CaH2].[PbH2]. The van der Waals surface area contributed by atoms with E-state index in [1.807, 2.05) is 0 Å². The third-order valence-corrected chi connectivity index (χ3v) is 0. The average molecular weight is 478 g/mol. The van der Waals surface area contributed by atoms with E-state index in [2.05, 4.69) is 0 Å². The van der Waals surface area contributed by atoms with E-state index < -0.39 is 0 Å². The summed E-state index contributed by atoms with van der Waals surface area (Å²) in [5.41, 5.74) is 0. The first-order valence-corrected chi connectivity index (χ1v) is 0. The molecule has 0 fully saturated rings. The second-order valence-electron chi connectivity index (χ2n) is 0. The molecule has 0 nitrogen and oxygen atoms in total. The molecule has 0 aromatic rings. The van der Waals surface area contributed by atoms with Gasteiger partial charge < -0.3 is 0 Å². The van der Waals surface area contributed by atoms with Gasteiger partial charge in [0, 0.05) is 22.4 Å². The molecule has 27 valence electrons. The van der Waals surface area contributed by atoms with Gasteiger partial charge >= 0.3 is 65.0 Å². The predicted octanol–water partition coefficient (Wildman–Crippen LogP) is -3.02. The van der Waals surface area contributed by atoms with E-state index >= 15 is 0 Å². The van der Waals surface area contributed by atoms with E-state index in [4.69, 9.17) is 0 Å². The van der Waals surface area contributed by atoms with Crippen LogP contribution in [0.25, 0.3) is 0 Å². The minimum absolute atomic E-state index is 0. The van der Waals surface area contributed by atoms with E-state index in [0.29, 0.717) is 0 Å². The van der Waals surface area contributed by atoms with Crippen molar-refractivity contribution in [2.45, 2.75) is 0 Å². The zero-order chi connectivity index (χ0) is 0. The first kappa shape index (κ1) is 26.0. The molecule has 0 spiro atoms. The van der Waals surface area contributed by atoms with Crippen molar-refractivity contribution in [3.63, 3.8) is 0 Å². The van der Waals surface area contributed by atoms with Crippen LogP contribution in [0.3, 0.4) is 0 Å². The maximum absolute atomic E-state index is 0. The summed E-state index contributed by atoms with van der Waals surface area (Å²) in [6.07, 6.45) is 0. The summed E-state index contributed by atoms with van der Waals surface area (Å²) in [6, 6.07) is 0. The summed E-state index contributed by atoms with van der Waals surface area (Å²) in [7, 11) is 0. The van der Waals surface area contributed by atoms with Crippen molar-refractivity contribution in [1.29, 1.82) is 0 Å².